The highest BCUT2D eigenvalue weighted by Crippen LogP contribution is 2.42. The molecule has 4 heteroatoms. The van der Waals surface area contributed by atoms with Gasteiger partial charge in [0, 0.05) is 49.4 Å². The first-order valence-electron chi connectivity index (χ1n) is 18.4. The minimum absolute atomic E-state index is 0.661. The van der Waals surface area contributed by atoms with Gasteiger partial charge in [-0.15, -0.1) is 0 Å². The zero-order chi connectivity index (χ0) is 36.5. The van der Waals surface area contributed by atoms with Crippen LogP contribution in [0.15, 0.2) is 191 Å². The second-order valence-electron chi connectivity index (χ2n) is 14.0. The van der Waals surface area contributed by atoms with Crippen molar-refractivity contribution in [1.29, 1.82) is 5.26 Å². The lowest BCUT2D eigenvalue weighted by Crippen LogP contribution is -2.10. The highest BCUT2D eigenvalue weighted by Gasteiger charge is 2.18. The van der Waals surface area contributed by atoms with E-state index in [2.05, 4.69) is 144 Å². The van der Waals surface area contributed by atoms with Gasteiger partial charge in [0.15, 0.2) is 0 Å². The number of hydrogen-bond acceptors (Lipinski definition) is 4. The fraction of sp³-hybridized carbons (Fsp3) is 0. The molecule has 0 unspecified atom stereocenters. The molecule has 0 bridgehead atoms. The molecular formula is C51H30N2O2. The molecule has 0 saturated heterocycles. The van der Waals surface area contributed by atoms with E-state index in [0.717, 1.165) is 105 Å². The van der Waals surface area contributed by atoms with Gasteiger partial charge in [-0.05, 0) is 118 Å². The topological polar surface area (TPSA) is 53.3 Å². The summed E-state index contributed by atoms with van der Waals surface area (Å²) >= 11 is 0. The highest BCUT2D eigenvalue weighted by molar-refractivity contribution is 6.17. The smallest absolute Gasteiger partial charge is 0.143 e. The zero-order valence-electron chi connectivity index (χ0n) is 29.5. The first kappa shape index (κ1) is 31.0. The maximum absolute atomic E-state index is 9.18. The fourth-order valence-electron chi connectivity index (χ4n) is 8.12. The molecule has 0 aliphatic rings. The lowest BCUT2D eigenvalue weighted by molar-refractivity contribution is 0.672. The zero-order valence-corrected chi connectivity index (χ0v) is 29.5. The minimum atomic E-state index is 0.661. The third-order valence-corrected chi connectivity index (χ3v) is 10.9. The molecule has 9 aromatic carbocycles. The second-order valence-corrected chi connectivity index (χ2v) is 14.0. The van der Waals surface area contributed by atoms with Gasteiger partial charge in [0.25, 0.3) is 0 Å². The molecular weight excluding hydrogens is 673 g/mol. The van der Waals surface area contributed by atoms with Crippen molar-refractivity contribution in [3.63, 3.8) is 0 Å². The number of anilines is 3. The summed E-state index contributed by atoms with van der Waals surface area (Å²) in [6, 6.07) is 65.7. The Labute approximate surface area is 316 Å². The van der Waals surface area contributed by atoms with E-state index in [-0.39, 0.29) is 0 Å². The van der Waals surface area contributed by atoms with Crippen LogP contribution in [0.1, 0.15) is 5.56 Å². The SMILES string of the molecule is N#Cc1ccc(-c2ccc(-c3ccc(N(c4ccc5c(ccc6c7ccccc7oc56)c4)c4ccc5c(ccc6c7ccccc7oc56)c4)cc3)cc2)cc1. The van der Waals surface area contributed by atoms with Crippen molar-refractivity contribution in [3.05, 3.63) is 188 Å². The number of rotatable bonds is 5. The van der Waals surface area contributed by atoms with E-state index < -0.39 is 0 Å². The third kappa shape index (κ3) is 5.06. The molecule has 256 valence electrons. The van der Waals surface area contributed by atoms with E-state index in [9.17, 15) is 5.26 Å². The minimum Gasteiger partial charge on any atom is -0.455 e. The van der Waals surface area contributed by atoms with E-state index in [1.807, 2.05) is 48.5 Å². The van der Waals surface area contributed by atoms with Gasteiger partial charge in [-0.3, -0.25) is 0 Å². The van der Waals surface area contributed by atoms with Crippen LogP contribution in [0.2, 0.25) is 0 Å². The Balaban J connectivity index is 1.02. The monoisotopic (exact) mass is 702 g/mol. The van der Waals surface area contributed by atoms with Crippen LogP contribution in [0, 0.1) is 11.3 Å². The molecule has 0 radical (unpaired) electrons. The van der Waals surface area contributed by atoms with E-state index >= 15 is 0 Å². The number of benzene rings is 9. The molecule has 0 spiro atoms. The van der Waals surface area contributed by atoms with Gasteiger partial charge >= 0.3 is 0 Å². The lowest BCUT2D eigenvalue weighted by atomic mass is 9.99. The van der Waals surface area contributed by atoms with Crippen LogP contribution in [0.25, 0.3) is 87.7 Å². The van der Waals surface area contributed by atoms with Gasteiger partial charge in [-0.1, -0.05) is 97.1 Å². The second kappa shape index (κ2) is 12.2. The molecule has 0 aliphatic carbocycles. The molecule has 0 aliphatic heterocycles. The average molecular weight is 703 g/mol. The number of para-hydroxylation sites is 2. The number of furan rings is 2. The van der Waals surface area contributed by atoms with E-state index in [1.165, 1.54) is 0 Å². The molecule has 11 aromatic rings. The van der Waals surface area contributed by atoms with Crippen LogP contribution in [-0.2, 0) is 0 Å². The van der Waals surface area contributed by atoms with Gasteiger partial charge in [0.05, 0.1) is 11.6 Å². The summed E-state index contributed by atoms with van der Waals surface area (Å²) in [6.45, 7) is 0. The summed E-state index contributed by atoms with van der Waals surface area (Å²) in [7, 11) is 0. The molecule has 2 heterocycles. The highest BCUT2D eigenvalue weighted by atomic mass is 16.3. The summed E-state index contributed by atoms with van der Waals surface area (Å²) in [6.07, 6.45) is 0. The number of nitrogens with zero attached hydrogens (tertiary/aromatic N) is 2. The van der Waals surface area contributed by atoms with Crippen molar-refractivity contribution < 1.29 is 8.83 Å². The van der Waals surface area contributed by atoms with Gasteiger partial charge in [0.1, 0.15) is 22.3 Å². The molecule has 4 nitrogen and oxygen atoms in total. The standard InChI is InChI=1S/C51H30N2O2/c52-31-32-9-11-33(12-10-32)34-13-15-35(16-14-34)36-17-21-39(22-18-36)53(40-23-27-42-37(29-40)19-25-46-44-5-1-3-7-48(44)54-50(42)46)41-24-28-43-38(30-41)20-26-47-45-6-2-4-8-49(45)55-51(43)47/h1-30H. The van der Waals surface area contributed by atoms with Crippen LogP contribution in [0.5, 0.6) is 0 Å². The summed E-state index contributed by atoms with van der Waals surface area (Å²) in [5.41, 5.74) is 11.9. The Morgan fingerprint density at radius 2 is 0.764 bits per heavy atom. The Bertz CT molecular complexity index is 3160. The van der Waals surface area contributed by atoms with Crippen LogP contribution < -0.4 is 4.90 Å². The third-order valence-electron chi connectivity index (χ3n) is 10.9. The van der Waals surface area contributed by atoms with E-state index in [0.29, 0.717) is 5.56 Å². The van der Waals surface area contributed by atoms with E-state index in [4.69, 9.17) is 8.83 Å². The number of nitriles is 1. The molecule has 2 aromatic heterocycles. The van der Waals surface area contributed by atoms with Crippen molar-refractivity contribution in [2.45, 2.75) is 0 Å². The van der Waals surface area contributed by atoms with Crippen molar-refractivity contribution in [2.24, 2.45) is 0 Å². The summed E-state index contributed by atoms with van der Waals surface area (Å²) < 4.78 is 12.8. The molecule has 0 saturated carbocycles. The largest absolute Gasteiger partial charge is 0.455 e. The van der Waals surface area contributed by atoms with Crippen molar-refractivity contribution in [1.82, 2.24) is 0 Å². The van der Waals surface area contributed by atoms with E-state index in [1.54, 1.807) is 0 Å². The van der Waals surface area contributed by atoms with Gasteiger partial charge in [0.2, 0.25) is 0 Å². The quantitative estimate of drug-likeness (QED) is 0.179. The molecule has 55 heavy (non-hydrogen) atoms. The van der Waals surface area contributed by atoms with Crippen LogP contribution in [-0.4, -0.2) is 0 Å². The molecule has 11 rings (SSSR count). The van der Waals surface area contributed by atoms with Crippen molar-refractivity contribution >= 4 is 82.5 Å². The Kier molecular flexibility index (Phi) is 6.89. The summed E-state index contributed by atoms with van der Waals surface area (Å²) in [5.74, 6) is 0. The molecule has 0 fully saturated rings. The summed E-state index contributed by atoms with van der Waals surface area (Å²) in [4.78, 5) is 2.32. The number of hydrogen-bond donors (Lipinski definition) is 0. The Hall–Kier alpha value is -7.61. The molecule has 0 atom stereocenters. The average Bonchev–Trinajstić information content (AvgIpc) is 3.83. The fourth-order valence-corrected chi connectivity index (χ4v) is 8.12. The van der Waals surface area contributed by atoms with Crippen LogP contribution in [0.3, 0.4) is 0 Å². The maximum Gasteiger partial charge on any atom is 0.143 e. The van der Waals surface area contributed by atoms with Gasteiger partial charge in [-0.2, -0.15) is 5.26 Å². The molecule has 0 N–H and O–H groups in total. The number of fused-ring (bicyclic) bond motifs is 10. The Morgan fingerprint density at radius 3 is 1.24 bits per heavy atom. The van der Waals surface area contributed by atoms with Crippen LogP contribution in [0.4, 0.5) is 17.1 Å². The van der Waals surface area contributed by atoms with Gasteiger partial charge in [-0.25, -0.2) is 0 Å². The predicted molar refractivity (Wildman–Crippen MR) is 226 cm³/mol. The molecule has 0 amide bonds. The lowest BCUT2D eigenvalue weighted by Gasteiger charge is -2.26. The first-order chi connectivity index (χ1) is 27.2. The first-order valence-corrected chi connectivity index (χ1v) is 18.4. The Morgan fingerprint density at radius 1 is 0.364 bits per heavy atom. The normalized spacial score (nSPS) is 11.6. The summed E-state index contributed by atoms with van der Waals surface area (Å²) in [5, 5.41) is 18.1. The maximum atomic E-state index is 9.18. The van der Waals surface area contributed by atoms with Crippen molar-refractivity contribution in [3.8, 4) is 28.3 Å². The van der Waals surface area contributed by atoms with Gasteiger partial charge < -0.3 is 13.7 Å². The van der Waals surface area contributed by atoms with Crippen molar-refractivity contribution in [2.75, 3.05) is 4.90 Å². The predicted octanol–water partition coefficient (Wildman–Crippen LogP) is 14.5. The van der Waals surface area contributed by atoms with Crippen LogP contribution >= 0.6 is 0 Å².